The third kappa shape index (κ3) is 2.07. The Hall–Kier alpha value is -1.93. The summed E-state index contributed by atoms with van der Waals surface area (Å²) in [4.78, 5) is 4.16. The first-order chi connectivity index (χ1) is 8.84. The van der Waals surface area contributed by atoms with Crippen LogP contribution in [0.15, 0.2) is 36.7 Å². The number of hydrazine groups is 3. The van der Waals surface area contributed by atoms with Crippen LogP contribution in [0.4, 0.5) is 5.82 Å². The molecule has 0 amide bonds. The zero-order chi connectivity index (χ0) is 12.4. The molecule has 1 saturated heterocycles. The molecule has 1 aromatic heterocycles. The molecule has 1 aliphatic heterocycles. The molecule has 0 aliphatic carbocycles. The van der Waals surface area contributed by atoms with Crippen molar-refractivity contribution in [2.75, 3.05) is 5.73 Å². The van der Waals surface area contributed by atoms with Crippen LogP contribution in [0.2, 0.25) is 0 Å². The van der Waals surface area contributed by atoms with Gasteiger partial charge in [0, 0.05) is 6.54 Å². The van der Waals surface area contributed by atoms with Gasteiger partial charge in [-0.15, -0.1) is 0 Å². The smallest absolute Gasteiger partial charge is 0.148 e. The maximum atomic E-state index is 5.91. The van der Waals surface area contributed by atoms with E-state index >= 15 is 0 Å². The zero-order valence-electron chi connectivity index (χ0n) is 9.72. The van der Waals surface area contributed by atoms with Crippen molar-refractivity contribution in [3.63, 3.8) is 0 Å². The van der Waals surface area contributed by atoms with E-state index in [4.69, 9.17) is 5.73 Å². The fourth-order valence-corrected chi connectivity index (χ4v) is 2.02. The molecule has 1 fully saturated rings. The summed E-state index contributed by atoms with van der Waals surface area (Å²) in [7, 11) is 0. The predicted molar refractivity (Wildman–Crippen MR) is 67.5 cm³/mol. The number of nitrogens with one attached hydrogen (secondary N) is 4. The molecule has 0 unspecified atom stereocenters. The molecule has 2 heterocycles. The van der Waals surface area contributed by atoms with Gasteiger partial charge in [0.2, 0.25) is 0 Å². The number of hydrogen-bond donors (Lipinski definition) is 5. The van der Waals surface area contributed by atoms with Crippen molar-refractivity contribution in [3.8, 4) is 0 Å². The largest absolute Gasteiger partial charge is 0.382 e. The van der Waals surface area contributed by atoms with Crippen LogP contribution in [0.5, 0.6) is 0 Å². The Balaban J connectivity index is 1.88. The van der Waals surface area contributed by atoms with Gasteiger partial charge >= 0.3 is 0 Å². The lowest BCUT2D eigenvalue weighted by molar-refractivity contribution is 0.515. The topological polar surface area (TPSA) is 92.0 Å². The average molecular weight is 245 g/mol. The van der Waals surface area contributed by atoms with Crippen molar-refractivity contribution < 1.29 is 0 Å². The number of nitrogens with two attached hydrogens (primary N) is 1. The van der Waals surface area contributed by atoms with Crippen molar-refractivity contribution in [2.24, 2.45) is 0 Å². The summed E-state index contributed by atoms with van der Waals surface area (Å²) in [5.41, 5.74) is 19.6. The van der Waals surface area contributed by atoms with Crippen molar-refractivity contribution in [3.05, 3.63) is 47.9 Å². The lowest BCUT2D eigenvalue weighted by Gasteiger charge is -2.13. The molecule has 6 N–H and O–H groups in total. The number of benzene rings is 1. The van der Waals surface area contributed by atoms with Crippen molar-refractivity contribution >= 4 is 5.82 Å². The summed E-state index contributed by atoms with van der Waals surface area (Å²) in [6.45, 7) is 0.736. The second-order valence-electron chi connectivity index (χ2n) is 4.10. The fourth-order valence-electron chi connectivity index (χ4n) is 2.02. The number of imidazole rings is 1. The van der Waals surface area contributed by atoms with Gasteiger partial charge in [-0.2, -0.15) is 11.1 Å². The minimum Gasteiger partial charge on any atom is -0.382 e. The normalized spacial score (nSPS) is 16.2. The van der Waals surface area contributed by atoms with E-state index in [1.807, 2.05) is 22.8 Å². The molecule has 1 aromatic carbocycles. The second kappa shape index (κ2) is 4.75. The van der Waals surface area contributed by atoms with Gasteiger partial charge in [0.1, 0.15) is 12.0 Å². The van der Waals surface area contributed by atoms with Crippen LogP contribution < -0.4 is 27.7 Å². The van der Waals surface area contributed by atoms with Gasteiger partial charge in [-0.1, -0.05) is 30.3 Å². The predicted octanol–water partition coefficient (Wildman–Crippen LogP) is -0.371. The quantitative estimate of drug-likeness (QED) is 0.507. The first kappa shape index (κ1) is 11.2. The van der Waals surface area contributed by atoms with E-state index in [0.29, 0.717) is 5.82 Å². The van der Waals surface area contributed by atoms with Gasteiger partial charge in [-0.3, -0.25) is 0 Å². The Kier molecular flexibility index (Phi) is 2.95. The van der Waals surface area contributed by atoms with E-state index in [0.717, 1.165) is 12.2 Å². The summed E-state index contributed by atoms with van der Waals surface area (Å²) in [6.07, 6.45) is 1.63. The summed E-state index contributed by atoms with van der Waals surface area (Å²) in [5.74, 6) is 0.515. The van der Waals surface area contributed by atoms with E-state index in [1.165, 1.54) is 5.56 Å². The highest BCUT2D eigenvalue weighted by atomic mass is 15.8. The molecule has 0 atom stereocenters. The summed E-state index contributed by atoms with van der Waals surface area (Å²) >= 11 is 0. The molecule has 18 heavy (non-hydrogen) atoms. The molecule has 0 saturated carbocycles. The van der Waals surface area contributed by atoms with Crippen molar-refractivity contribution in [1.82, 2.24) is 31.5 Å². The second-order valence-corrected chi connectivity index (χ2v) is 4.10. The highest BCUT2D eigenvalue weighted by molar-refractivity contribution is 5.38. The Morgan fingerprint density at radius 1 is 1.17 bits per heavy atom. The summed E-state index contributed by atoms with van der Waals surface area (Å²) in [6, 6.07) is 10.2. The van der Waals surface area contributed by atoms with E-state index in [-0.39, 0.29) is 6.17 Å². The Morgan fingerprint density at radius 2 is 1.89 bits per heavy atom. The van der Waals surface area contributed by atoms with Gasteiger partial charge < -0.3 is 10.3 Å². The lowest BCUT2D eigenvalue weighted by Crippen LogP contribution is -2.33. The Morgan fingerprint density at radius 3 is 2.61 bits per heavy atom. The maximum Gasteiger partial charge on any atom is 0.148 e. The van der Waals surface area contributed by atoms with Gasteiger partial charge in [0.25, 0.3) is 0 Å². The molecular weight excluding hydrogens is 230 g/mol. The minimum absolute atomic E-state index is 0.115. The van der Waals surface area contributed by atoms with Crippen LogP contribution in [-0.2, 0) is 6.54 Å². The van der Waals surface area contributed by atoms with Gasteiger partial charge in [0.15, 0.2) is 0 Å². The first-order valence-corrected chi connectivity index (χ1v) is 5.70. The number of nitrogen functional groups attached to an aromatic ring is 1. The zero-order valence-corrected chi connectivity index (χ0v) is 9.72. The number of aromatic nitrogens is 2. The summed E-state index contributed by atoms with van der Waals surface area (Å²) in [5, 5.41) is 0. The van der Waals surface area contributed by atoms with E-state index in [1.54, 1.807) is 6.33 Å². The third-order valence-electron chi connectivity index (χ3n) is 2.87. The van der Waals surface area contributed by atoms with Crippen molar-refractivity contribution in [1.29, 1.82) is 0 Å². The van der Waals surface area contributed by atoms with Crippen LogP contribution in [0.1, 0.15) is 17.4 Å². The van der Waals surface area contributed by atoms with Crippen molar-refractivity contribution in [2.45, 2.75) is 12.7 Å². The molecule has 7 heteroatoms. The average Bonchev–Trinajstić information content (AvgIpc) is 3.01. The lowest BCUT2D eigenvalue weighted by atomic mass is 10.2. The van der Waals surface area contributed by atoms with Gasteiger partial charge in [-0.25, -0.2) is 15.8 Å². The SMILES string of the molecule is Nc1ncn(Cc2ccccc2)c1C1NNNN1. The van der Waals surface area contributed by atoms with Crippen LogP contribution >= 0.6 is 0 Å². The molecule has 94 valence electrons. The van der Waals surface area contributed by atoms with E-state index in [9.17, 15) is 0 Å². The van der Waals surface area contributed by atoms with Crippen LogP contribution in [-0.4, -0.2) is 9.55 Å². The van der Waals surface area contributed by atoms with Crippen LogP contribution in [0, 0.1) is 0 Å². The molecule has 1 aliphatic rings. The Labute approximate surface area is 104 Å². The molecule has 0 radical (unpaired) electrons. The minimum atomic E-state index is -0.115. The van der Waals surface area contributed by atoms with Gasteiger partial charge in [0.05, 0.1) is 12.0 Å². The van der Waals surface area contributed by atoms with E-state index in [2.05, 4.69) is 39.0 Å². The van der Waals surface area contributed by atoms with E-state index < -0.39 is 0 Å². The fraction of sp³-hybridized carbons (Fsp3) is 0.182. The summed E-state index contributed by atoms with van der Waals surface area (Å²) < 4.78 is 2.02. The number of rotatable bonds is 3. The highest BCUT2D eigenvalue weighted by Crippen LogP contribution is 2.19. The maximum absolute atomic E-state index is 5.91. The number of anilines is 1. The number of hydrogen-bond acceptors (Lipinski definition) is 6. The molecule has 7 nitrogen and oxygen atoms in total. The number of nitrogens with zero attached hydrogens (tertiary/aromatic N) is 2. The highest BCUT2D eigenvalue weighted by Gasteiger charge is 2.22. The van der Waals surface area contributed by atoms with Crippen LogP contribution in [0.25, 0.3) is 0 Å². The first-order valence-electron chi connectivity index (χ1n) is 5.70. The molecule has 3 rings (SSSR count). The van der Waals surface area contributed by atoms with Crippen LogP contribution in [0.3, 0.4) is 0 Å². The monoisotopic (exact) mass is 245 g/mol. The van der Waals surface area contributed by atoms with Gasteiger partial charge in [-0.05, 0) is 5.56 Å². The molecular formula is C11H15N7. The molecule has 0 spiro atoms. The Bertz CT molecular complexity index is 515. The standard InChI is InChI=1S/C11H15N7/c12-10-9(11-14-16-17-15-11)18(7-13-10)6-8-4-2-1-3-5-8/h1-5,7,11,14-17H,6,12H2. The third-order valence-corrected chi connectivity index (χ3v) is 2.87. The molecule has 2 aromatic rings. The molecule has 0 bridgehead atoms.